The minimum absolute atomic E-state index is 0.210. The molecule has 170 valence electrons. The van der Waals surface area contributed by atoms with E-state index in [1.54, 1.807) is 19.2 Å². The Labute approximate surface area is 200 Å². The highest BCUT2D eigenvalue weighted by atomic mass is 32.2. The standard InChI is InChI=1S/C29H25NO3S/c1-21-12-15-25(16-13-21)34(31,32)30(20-22-8-4-3-5-9-22)29-18-23-10-6-7-11-26(23)27-17-14-24(33-2)19-28(27)29/h3-19H,20H2,1-2H3. The first-order valence-corrected chi connectivity index (χ1v) is 12.5. The number of anilines is 1. The summed E-state index contributed by atoms with van der Waals surface area (Å²) in [6.07, 6.45) is 0. The Morgan fingerprint density at radius 2 is 1.44 bits per heavy atom. The molecule has 0 N–H and O–H groups in total. The molecule has 0 heterocycles. The lowest BCUT2D eigenvalue weighted by molar-refractivity contribution is 0.415. The van der Waals surface area contributed by atoms with E-state index in [0.717, 1.165) is 32.7 Å². The summed E-state index contributed by atoms with van der Waals surface area (Å²) in [4.78, 5) is 0.262. The zero-order chi connectivity index (χ0) is 23.7. The smallest absolute Gasteiger partial charge is 0.264 e. The summed E-state index contributed by atoms with van der Waals surface area (Å²) in [5, 5.41) is 3.85. The molecule has 0 aliphatic carbocycles. The van der Waals surface area contributed by atoms with Gasteiger partial charge in [-0.25, -0.2) is 8.42 Å². The van der Waals surface area contributed by atoms with Crippen LogP contribution in [0.15, 0.2) is 108 Å². The maximum absolute atomic E-state index is 14.1. The highest BCUT2D eigenvalue weighted by Crippen LogP contribution is 2.39. The van der Waals surface area contributed by atoms with Gasteiger partial charge in [0, 0.05) is 5.39 Å². The molecule has 0 fully saturated rings. The Hall–Kier alpha value is -3.83. The third-order valence-electron chi connectivity index (χ3n) is 6.09. The average Bonchev–Trinajstić information content (AvgIpc) is 2.87. The van der Waals surface area contributed by atoms with Crippen molar-refractivity contribution in [3.05, 3.63) is 114 Å². The van der Waals surface area contributed by atoms with Gasteiger partial charge in [-0.15, -0.1) is 0 Å². The van der Waals surface area contributed by atoms with Gasteiger partial charge >= 0.3 is 0 Å². The number of benzene rings is 5. The number of nitrogens with zero attached hydrogens (tertiary/aromatic N) is 1. The Balaban J connectivity index is 1.81. The first-order valence-electron chi connectivity index (χ1n) is 11.1. The van der Waals surface area contributed by atoms with Gasteiger partial charge in [-0.05, 0) is 65.0 Å². The van der Waals surface area contributed by atoms with Crippen molar-refractivity contribution in [2.45, 2.75) is 18.4 Å². The number of ether oxygens (including phenoxy) is 1. The summed E-state index contributed by atoms with van der Waals surface area (Å²) < 4.78 is 35.2. The van der Waals surface area contributed by atoms with E-state index >= 15 is 0 Å². The molecule has 34 heavy (non-hydrogen) atoms. The van der Waals surface area contributed by atoms with Crippen LogP contribution in [0.4, 0.5) is 5.69 Å². The minimum Gasteiger partial charge on any atom is -0.497 e. The molecule has 4 nitrogen and oxygen atoms in total. The molecule has 0 bridgehead atoms. The van der Waals surface area contributed by atoms with Gasteiger partial charge in [0.25, 0.3) is 10.0 Å². The summed E-state index contributed by atoms with van der Waals surface area (Å²) in [7, 11) is -2.24. The van der Waals surface area contributed by atoms with Crippen molar-refractivity contribution >= 4 is 37.3 Å². The fourth-order valence-electron chi connectivity index (χ4n) is 4.28. The Bertz CT molecular complexity index is 1580. The molecule has 0 aliphatic heterocycles. The number of aryl methyl sites for hydroxylation is 1. The van der Waals surface area contributed by atoms with Gasteiger partial charge in [0.2, 0.25) is 0 Å². The number of hydrogen-bond acceptors (Lipinski definition) is 3. The molecular weight excluding hydrogens is 442 g/mol. The van der Waals surface area contributed by atoms with Crippen molar-refractivity contribution in [3.63, 3.8) is 0 Å². The predicted octanol–water partition coefficient (Wildman–Crippen LogP) is 6.71. The van der Waals surface area contributed by atoms with Crippen molar-refractivity contribution in [2.75, 3.05) is 11.4 Å². The van der Waals surface area contributed by atoms with Crippen molar-refractivity contribution in [3.8, 4) is 5.75 Å². The van der Waals surface area contributed by atoms with Crippen molar-refractivity contribution < 1.29 is 13.2 Å². The maximum Gasteiger partial charge on any atom is 0.264 e. The molecule has 0 spiro atoms. The highest BCUT2D eigenvalue weighted by Gasteiger charge is 2.27. The van der Waals surface area contributed by atoms with Crippen LogP contribution in [0.1, 0.15) is 11.1 Å². The molecule has 5 heteroatoms. The minimum atomic E-state index is -3.86. The molecule has 0 aliphatic rings. The number of fused-ring (bicyclic) bond motifs is 3. The summed E-state index contributed by atoms with van der Waals surface area (Å²) >= 11 is 0. The van der Waals surface area contributed by atoms with E-state index < -0.39 is 10.0 Å². The molecule has 5 rings (SSSR count). The zero-order valence-electron chi connectivity index (χ0n) is 19.1. The SMILES string of the molecule is COc1ccc2c(c1)c(N(Cc1ccccc1)S(=O)(=O)c1ccc(C)cc1)cc1ccccc12. The van der Waals surface area contributed by atoms with Gasteiger partial charge < -0.3 is 4.74 Å². The van der Waals surface area contributed by atoms with Gasteiger partial charge in [0.15, 0.2) is 0 Å². The maximum atomic E-state index is 14.1. The summed E-state index contributed by atoms with van der Waals surface area (Å²) in [6.45, 7) is 2.16. The van der Waals surface area contributed by atoms with Crippen LogP contribution >= 0.6 is 0 Å². The molecule has 0 saturated carbocycles. The number of hydrogen-bond donors (Lipinski definition) is 0. The zero-order valence-corrected chi connectivity index (χ0v) is 19.9. The number of rotatable bonds is 6. The largest absolute Gasteiger partial charge is 0.497 e. The first kappa shape index (κ1) is 22.0. The van der Waals surface area contributed by atoms with Crippen LogP contribution in [0.25, 0.3) is 21.5 Å². The van der Waals surface area contributed by atoms with Gasteiger partial charge in [0.1, 0.15) is 5.75 Å². The molecule has 5 aromatic rings. The van der Waals surface area contributed by atoms with E-state index in [4.69, 9.17) is 4.74 Å². The number of methoxy groups -OCH3 is 1. The lowest BCUT2D eigenvalue weighted by Crippen LogP contribution is -2.30. The van der Waals surface area contributed by atoms with E-state index in [9.17, 15) is 8.42 Å². The second-order valence-electron chi connectivity index (χ2n) is 8.34. The molecule has 0 saturated heterocycles. The van der Waals surface area contributed by atoms with Crippen LogP contribution < -0.4 is 9.04 Å². The summed E-state index contributed by atoms with van der Waals surface area (Å²) in [6, 6.07) is 32.5. The monoisotopic (exact) mass is 467 g/mol. The molecular formula is C29H25NO3S. The predicted molar refractivity (Wildman–Crippen MR) is 139 cm³/mol. The third-order valence-corrected chi connectivity index (χ3v) is 7.87. The fraction of sp³-hybridized carbons (Fsp3) is 0.103. The van der Waals surface area contributed by atoms with Gasteiger partial charge in [0.05, 0.1) is 24.2 Å². The van der Waals surface area contributed by atoms with Crippen LogP contribution in [0.2, 0.25) is 0 Å². The molecule has 0 aromatic heterocycles. The Morgan fingerprint density at radius 3 is 2.18 bits per heavy atom. The lowest BCUT2D eigenvalue weighted by atomic mass is 10.00. The molecule has 0 radical (unpaired) electrons. The molecule has 0 atom stereocenters. The second kappa shape index (κ2) is 8.84. The summed E-state index contributed by atoms with van der Waals surface area (Å²) in [5.74, 6) is 0.677. The van der Waals surface area contributed by atoms with E-state index in [-0.39, 0.29) is 11.4 Å². The van der Waals surface area contributed by atoms with Crippen LogP contribution in [0, 0.1) is 6.92 Å². The topological polar surface area (TPSA) is 46.6 Å². The van der Waals surface area contributed by atoms with Crippen LogP contribution in [0.5, 0.6) is 5.75 Å². The normalized spacial score (nSPS) is 11.6. The molecule has 5 aromatic carbocycles. The van der Waals surface area contributed by atoms with E-state index in [1.165, 1.54) is 4.31 Å². The quantitative estimate of drug-likeness (QED) is 0.261. The van der Waals surface area contributed by atoms with Crippen LogP contribution in [-0.2, 0) is 16.6 Å². The number of sulfonamides is 1. The van der Waals surface area contributed by atoms with Crippen LogP contribution in [0.3, 0.4) is 0 Å². The molecule has 0 amide bonds. The first-order chi connectivity index (χ1) is 16.5. The van der Waals surface area contributed by atoms with Crippen molar-refractivity contribution in [1.82, 2.24) is 0 Å². The second-order valence-corrected chi connectivity index (χ2v) is 10.2. The fourth-order valence-corrected chi connectivity index (χ4v) is 5.75. The van der Waals surface area contributed by atoms with Crippen molar-refractivity contribution in [1.29, 1.82) is 0 Å². The van der Waals surface area contributed by atoms with E-state index in [2.05, 4.69) is 6.07 Å². The third kappa shape index (κ3) is 3.99. The van der Waals surface area contributed by atoms with Crippen molar-refractivity contribution in [2.24, 2.45) is 0 Å². The highest BCUT2D eigenvalue weighted by molar-refractivity contribution is 7.92. The van der Waals surface area contributed by atoms with E-state index in [0.29, 0.717) is 11.4 Å². The average molecular weight is 468 g/mol. The van der Waals surface area contributed by atoms with Gasteiger partial charge in [-0.1, -0.05) is 72.3 Å². The molecule has 0 unspecified atom stereocenters. The Kier molecular flexibility index (Phi) is 5.72. The lowest BCUT2D eigenvalue weighted by Gasteiger charge is -2.27. The van der Waals surface area contributed by atoms with E-state index in [1.807, 2.05) is 91.9 Å². The summed E-state index contributed by atoms with van der Waals surface area (Å²) in [5.41, 5.74) is 2.54. The van der Waals surface area contributed by atoms with Gasteiger partial charge in [-0.3, -0.25) is 4.31 Å². The van der Waals surface area contributed by atoms with Gasteiger partial charge in [-0.2, -0.15) is 0 Å². The Morgan fingerprint density at radius 1 is 0.735 bits per heavy atom. The van der Waals surface area contributed by atoms with Crippen LogP contribution in [-0.4, -0.2) is 15.5 Å².